The van der Waals surface area contributed by atoms with Gasteiger partial charge in [0.05, 0.1) is 26.2 Å². The maximum absolute atomic E-state index is 9.59. The van der Waals surface area contributed by atoms with Gasteiger partial charge in [0.25, 0.3) is 0 Å². The molecule has 0 N–H and O–H groups in total. The summed E-state index contributed by atoms with van der Waals surface area (Å²) in [5, 5.41) is 9.59. The molecule has 0 bridgehead atoms. The summed E-state index contributed by atoms with van der Waals surface area (Å²) in [6, 6.07) is 8.36. The summed E-state index contributed by atoms with van der Waals surface area (Å²) in [5.74, 6) is 1.86. The summed E-state index contributed by atoms with van der Waals surface area (Å²) in [5.41, 5.74) is 1.05. The molecule has 1 atom stereocenters. The van der Waals surface area contributed by atoms with Crippen LogP contribution in [0, 0.1) is 17.2 Å². The Morgan fingerprint density at radius 1 is 1.05 bits per heavy atom. The fourth-order valence-electron chi connectivity index (χ4n) is 3.14. The minimum Gasteiger partial charge on any atom is -0.493 e. The summed E-state index contributed by atoms with van der Waals surface area (Å²) in [6.07, 6.45) is 7.42. The zero-order valence-corrected chi connectivity index (χ0v) is 12.4. The molecule has 0 spiro atoms. The highest BCUT2D eigenvalue weighted by atomic mass is 16.5. The number of rotatable bonds is 4. The Morgan fingerprint density at radius 2 is 1.70 bits per heavy atom. The predicted molar refractivity (Wildman–Crippen MR) is 79.1 cm³/mol. The Bertz CT molecular complexity index is 470. The number of methoxy groups -OCH3 is 2. The molecule has 1 fully saturated rings. The molecule has 3 heteroatoms. The van der Waals surface area contributed by atoms with Gasteiger partial charge in [0, 0.05) is 0 Å². The van der Waals surface area contributed by atoms with Crippen molar-refractivity contribution in [2.75, 3.05) is 14.2 Å². The Hall–Kier alpha value is -1.69. The first-order valence-corrected chi connectivity index (χ1v) is 7.41. The maximum atomic E-state index is 9.59. The SMILES string of the molecule is COc1ccc(C(C#N)C2CCCCCC2)cc1OC. The molecule has 0 aromatic heterocycles. The van der Waals surface area contributed by atoms with Crippen LogP contribution >= 0.6 is 0 Å². The molecule has 1 unspecified atom stereocenters. The second-order valence-corrected chi connectivity index (χ2v) is 5.47. The van der Waals surface area contributed by atoms with Gasteiger partial charge in [-0.25, -0.2) is 0 Å². The van der Waals surface area contributed by atoms with E-state index in [4.69, 9.17) is 9.47 Å². The van der Waals surface area contributed by atoms with Gasteiger partial charge in [-0.1, -0.05) is 31.7 Å². The van der Waals surface area contributed by atoms with Crippen LogP contribution in [0.15, 0.2) is 18.2 Å². The number of hydrogen-bond donors (Lipinski definition) is 0. The van der Waals surface area contributed by atoms with Crippen molar-refractivity contribution in [1.29, 1.82) is 5.26 Å². The van der Waals surface area contributed by atoms with Gasteiger partial charge in [-0.05, 0) is 36.5 Å². The smallest absolute Gasteiger partial charge is 0.161 e. The highest BCUT2D eigenvalue weighted by Gasteiger charge is 2.25. The van der Waals surface area contributed by atoms with Crippen molar-refractivity contribution in [2.24, 2.45) is 5.92 Å². The molecule has 1 aliphatic carbocycles. The molecule has 1 aromatic rings. The molecule has 0 radical (unpaired) electrons. The number of ether oxygens (including phenoxy) is 2. The van der Waals surface area contributed by atoms with Crippen LogP contribution in [0.3, 0.4) is 0 Å². The van der Waals surface area contributed by atoms with E-state index >= 15 is 0 Å². The van der Waals surface area contributed by atoms with Gasteiger partial charge >= 0.3 is 0 Å². The van der Waals surface area contributed by atoms with E-state index in [9.17, 15) is 5.26 Å². The van der Waals surface area contributed by atoms with Gasteiger partial charge in [-0.15, -0.1) is 0 Å². The average Bonchev–Trinajstić information content (AvgIpc) is 2.77. The fourth-order valence-corrected chi connectivity index (χ4v) is 3.14. The second kappa shape index (κ2) is 7.19. The number of nitriles is 1. The molecule has 2 rings (SSSR count). The monoisotopic (exact) mass is 273 g/mol. The van der Waals surface area contributed by atoms with Gasteiger partial charge < -0.3 is 9.47 Å². The second-order valence-electron chi connectivity index (χ2n) is 5.47. The molecule has 1 saturated carbocycles. The largest absolute Gasteiger partial charge is 0.493 e. The summed E-state index contributed by atoms with van der Waals surface area (Å²) < 4.78 is 10.6. The summed E-state index contributed by atoms with van der Waals surface area (Å²) in [6.45, 7) is 0. The third-order valence-corrected chi connectivity index (χ3v) is 4.28. The van der Waals surface area contributed by atoms with Gasteiger partial charge in [0.2, 0.25) is 0 Å². The summed E-state index contributed by atoms with van der Waals surface area (Å²) >= 11 is 0. The van der Waals surface area contributed by atoms with E-state index < -0.39 is 0 Å². The van der Waals surface area contributed by atoms with Crippen LogP contribution < -0.4 is 9.47 Å². The van der Waals surface area contributed by atoms with Gasteiger partial charge in [-0.2, -0.15) is 5.26 Å². The lowest BCUT2D eigenvalue weighted by Crippen LogP contribution is -2.11. The Kier molecular flexibility index (Phi) is 5.29. The zero-order valence-electron chi connectivity index (χ0n) is 12.4. The molecule has 3 nitrogen and oxygen atoms in total. The third kappa shape index (κ3) is 3.25. The Labute approximate surface area is 121 Å². The van der Waals surface area contributed by atoms with Crippen LogP contribution in [-0.2, 0) is 0 Å². The van der Waals surface area contributed by atoms with E-state index in [1.807, 2.05) is 18.2 Å². The fraction of sp³-hybridized carbons (Fsp3) is 0.588. The van der Waals surface area contributed by atoms with E-state index in [1.54, 1.807) is 14.2 Å². The Morgan fingerprint density at radius 3 is 2.25 bits per heavy atom. The molecule has 20 heavy (non-hydrogen) atoms. The van der Waals surface area contributed by atoms with E-state index in [2.05, 4.69) is 6.07 Å². The van der Waals surface area contributed by atoms with Crippen molar-refractivity contribution in [3.05, 3.63) is 23.8 Å². The lowest BCUT2D eigenvalue weighted by Gasteiger charge is -2.21. The van der Waals surface area contributed by atoms with E-state index in [0.29, 0.717) is 17.4 Å². The third-order valence-electron chi connectivity index (χ3n) is 4.28. The van der Waals surface area contributed by atoms with Crippen molar-refractivity contribution in [1.82, 2.24) is 0 Å². The average molecular weight is 273 g/mol. The van der Waals surface area contributed by atoms with Crippen molar-refractivity contribution in [2.45, 2.75) is 44.4 Å². The number of benzene rings is 1. The van der Waals surface area contributed by atoms with Crippen LogP contribution in [0.5, 0.6) is 11.5 Å². The minimum absolute atomic E-state index is 0.0343. The molecule has 0 aliphatic heterocycles. The molecular weight excluding hydrogens is 250 g/mol. The topological polar surface area (TPSA) is 42.2 Å². The summed E-state index contributed by atoms with van der Waals surface area (Å²) in [7, 11) is 3.26. The number of hydrogen-bond acceptors (Lipinski definition) is 3. The highest BCUT2D eigenvalue weighted by molar-refractivity contribution is 5.45. The molecule has 1 aliphatic rings. The first-order valence-electron chi connectivity index (χ1n) is 7.41. The number of nitrogens with zero attached hydrogens (tertiary/aromatic N) is 1. The summed E-state index contributed by atoms with van der Waals surface area (Å²) in [4.78, 5) is 0. The van der Waals surface area contributed by atoms with Crippen LogP contribution in [0.2, 0.25) is 0 Å². The van der Waals surface area contributed by atoms with E-state index in [1.165, 1.54) is 25.7 Å². The minimum atomic E-state index is -0.0343. The van der Waals surface area contributed by atoms with Crippen LogP contribution in [0.1, 0.15) is 50.0 Å². The first kappa shape index (κ1) is 14.7. The first-order chi connectivity index (χ1) is 9.80. The normalized spacial score (nSPS) is 17.9. The molecule has 108 valence electrons. The standard InChI is InChI=1S/C17H23NO2/c1-19-16-10-9-14(11-17(16)20-2)15(12-18)13-7-5-3-4-6-8-13/h9-11,13,15H,3-8H2,1-2H3. The highest BCUT2D eigenvalue weighted by Crippen LogP contribution is 2.38. The zero-order chi connectivity index (χ0) is 14.4. The Balaban J connectivity index is 2.24. The van der Waals surface area contributed by atoms with Crippen LogP contribution in [0.25, 0.3) is 0 Å². The predicted octanol–water partition coefficient (Wildman–Crippen LogP) is 4.28. The van der Waals surface area contributed by atoms with Gasteiger partial charge in [0.1, 0.15) is 0 Å². The van der Waals surface area contributed by atoms with Crippen molar-refractivity contribution in [3.8, 4) is 17.6 Å². The molecule has 0 amide bonds. The lowest BCUT2D eigenvalue weighted by atomic mass is 9.82. The maximum Gasteiger partial charge on any atom is 0.161 e. The molecular formula is C17H23NO2. The molecule has 1 aromatic carbocycles. The van der Waals surface area contributed by atoms with Gasteiger partial charge in [0.15, 0.2) is 11.5 Å². The molecule has 0 heterocycles. The van der Waals surface area contributed by atoms with Crippen LogP contribution in [-0.4, -0.2) is 14.2 Å². The van der Waals surface area contributed by atoms with E-state index in [-0.39, 0.29) is 5.92 Å². The van der Waals surface area contributed by atoms with Crippen LogP contribution in [0.4, 0.5) is 0 Å². The van der Waals surface area contributed by atoms with E-state index in [0.717, 1.165) is 18.4 Å². The van der Waals surface area contributed by atoms with Crippen molar-refractivity contribution in [3.63, 3.8) is 0 Å². The molecule has 0 saturated heterocycles. The van der Waals surface area contributed by atoms with Crippen molar-refractivity contribution >= 4 is 0 Å². The lowest BCUT2D eigenvalue weighted by molar-refractivity contribution is 0.353. The quantitative estimate of drug-likeness (QED) is 0.769. The van der Waals surface area contributed by atoms with Crippen molar-refractivity contribution < 1.29 is 9.47 Å². The van der Waals surface area contributed by atoms with Gasteiger partial charge in [-0.3, -0.25) is 0 Å².